The summed E-state index contributed by atoms with van der Waals surface area (Å²) in [6.07, 6.45) is 0. The van der Waals surface area contributed by atoms with Crippen LogP contribution in [0.5, 0.6) is 11.5 Å². The second kappa shape index (κ2) is 6.45. The van der Waals surface area contributed by atoms with Crippen molar-refractivity contribution in [1.82, 2.24) is 0 Å². The molecule has 0 saturated heterocycles. The summed E-state index contributed by atoms with van der Waals surface area (Å²) in [7, 11) is 0. The van der Waals surface area contributed by atoms with Crippen molar-refractivity contribution in [1.29, 1.82) is 0 Å². The van der Waals surface area contributed by atoms with Crippen molar-refractivity contribution < 1.29 is 15.0 Å². The molecule has 0 atom stereocenters. The Balaban J connectivity index is 0.00000180. The molecular weight excluding hydrogens is 334 g/mol. The highest BCUT2D eigenvalue weighted by atomic mass is 79.9. The number of amides is 1. The molecule has 0 bridgehead atoms. The summed E-state index contributed by atoms with van der Waals surface area (Å²) >= 11 is 3.29. The molecule has 4 nitrogen and oxygen atoms in total. The van der Waals surface area contributed by atoms with Crippen LogP contribution in [0.4, 0.5) is 5.69 Å². The maximum absolute atomic E-state index is 11.9. The molecule has 0 aliphatic heterocycles. The SMILES string of the molecule is Cl.O=C(Nc1ccc(Br)cc1)c1c(O)cccc1O. The first-order chi connectivity index (χ1) is 8.58. The summed E-state index contributed by atoms with van der Waals surface area (Å²) in [6, 6.07) is 11.1. The third-order valence-electron chi connectivity index (χ3n) is 2.35. The lowest BCUT2D eigenvalue weighted by atomic mass is 10.1. The highest BCUT2D eigenvalue weighted by Crippen LogP contribution is 2.27. The number of nitrogens with one attached hydrogen (secondary N) is 1. The molecule has 6 heteroatoms. The van der Waals surface area contributed by atoms with Gasteiger partial charge in [-0.2, -0.15) is 0 Å². The normalized spacial score (nSPS) is 9.53. The summed E-state index contributed by atoms with van der Waals surface area (Å²) in [4.78, 5) is 11.9. The molecule has 0 saturated carbocycles. The molecule has 2 aromatic rings. The lowest BCUT2D eigenvalue weighted by molar-refractivity contribution is 0.102. The number of hydrogen-bond acceptors (Lipinski definition) is 3. The van der Waals surface area contributed by atoms with Crippen LogP contribution in [-0.4, -0.2) is 16.1 Å². The maximum atomic E-state index is 11.9. The molecule has 3 N–H and O–H groups in total. The zero-order valence-electron chi connectivity index (χ0n) is 9.63. The van der Waals surface area contributed by atoms with Crippen molar-refractivity contribution in [2.75, 3.05) is 5.32 Å². The first-order valence-electron chi connectivity index (χ1n) is 5.16. The Bertz CT molecular complexity index is 567. The van der Waals surface area contributed by atoms with Crippen molar-refractivity contribution in [3.63, 3.8) is 0 Å². The summed E-state index contributed by atoms with van der Waals surface area (Å²) < 4.78 is 0.894. The van der Waals surface area contributed by atoms with Gasteiger partial charge in [0.05, 0.1) is 0 Å². The number of carbonyl (C=O) groups is 1. The monoisotopic (exact) mass is 343 g/mol. The number of benzene rings is 2. The van der Waals surface area contributed by atoms with Gasteiger partial charge >= 0.3 is 0 Å². The third-order valence-corrected chi connectivity index (χ3v) is 2.88. The molecule has 0 fully saturated rings. The van der Waals surface area contributed by atoms with Crippen LogP contribution in [0.15, 0.2) is 46.9 Å². The highest BCUT2D eigenvalue weighted by molar-refractivity contribution is 9.10. The summed E-state index contributed by atoms with van der Waals surface area (Å²) in [5.41, 5.74) is 0.436. The van der Waals surface area contributed by atoms with E-state index in [2.05, 4.69) is 21.2 Å². The topological polar surface area (TPSA) is 69.6 Å². The van der Waals surface area contributed by atoms with Crippen molar-refractivity contribution in [2.24, 2.45) is 0 Å². The average Bonchev–Trinajstić information content (AvgIpc) is 2.32. The van der Waals surface area contributed by atoms with Gasteiger partial charge in [-0.1, -0.05) is 22.0 Å². The smallest absolute Gasteiger partial charge is 0.263 e. The largest absolute Gasteiger partial charge is 0.507 e. The number of anilines is 1. The fraction of sp³-hybridized carbons (Fsp3) is 0. The van der Waals surface area contributed by atoms with Crippen LogP contribution in [0.2, 0.25) is 0 Å². The first kappa shape index (κ1) is 15.3. The van der Waals surface area contributed by atoms with Crippen LogP contribution in [0.3, 0.4) is 0 Å². The van der Waals surface area contributed by atoms with Gasteiger partial charge in [-0.3, -0.25) is 4.79 Å². The van der Waals surface area contributed by atoms with Gasteiger partial charge < -0.3 is 15.5 Å². The van der Waals surface area contributed by atoms with Crippen molar-refractivity contribution in [3.8, 4) is 11.5 Å². The van der Waals surface area contributed by atoms with E-state index in [1.807, 2.05) is 0 Å². The van der Waals surface area contributed by atoms with E-state index >= 15 is 0 Å². The van der Waals surface area contributed by atoms with E-state index in [1.54, 1.807) is 24.3 Å². The Labute approximate surface area is 124 Å². The third kappa shape index (κ3) is 3.62. The first-order valence-corrected chi connectivity index (χ1v) is 5.95. The quantitative estimate of drug-likeness (QED) is 0.780. The minimum Gasteiger partial charge on any atom is -0.507 e. The second-order valence-corrected chi connectivity index (χ2v) is 4.55. The fourth-order valence-electron chi connectivity index (χ4n) is 1.49. The number of hydrogen-bond donors (Lipinski definition) is 3. The summed E-state index contributed by atoms with van der Waals surface area (Å²) in [5, 5.41) is 21.7. The van der Waals surface area contributed by atoms with Crippen LogP contribution >= 0.6 is 28.3 Å². The predicted octanol–water partition coefficient (Wildman–Crippen LogP) is 3.53. The Morgan fingerprint density at radius 3 is 2.05 bits per heavy atom. The minimum absolute atomic E-state index is 0. The summed E-state index contributed by atoms with van der Waals surface area (Å²) in [6.45, 7) is 0. The van der Waals surface area contributed by atoms with Gasteiger partial charge in [0.15, 0.2) is 0 Å². The zero-order valence-corrected chi connectivity index (χ0v) is 12.0. The second-order valence-electron chi connectivity index (χ2n) is 3.63. The lowest BCUT2D eigenvalue weighted by Crippen LogP contribution is -2.12. The highest BCUT2D eigenvalue weighted by Gasteiger charge is 2.15. The fourth-order valence-corrected chi connectivity index (χ4v) is 1.75. The van der Waals surface area contributed by atoms with Gasteiger partial charge in [0.1, 0.15) is 17.1 Å². The van der Waals surface area contributed by atoms with E-state index in [-0.39, 0.29) is 29.5 Å². The van der Waals surface area contributed by atoms with Crippen LogP contribution in [0, 0.1) is 0 Å². The van der Waals surface area contributed by atoms with Gasteiger partial charge in [0.25, 0.3) is 5.91 Å². The molecule has 100 valence electrons. The number of phenolic OH excluding ortho intramolecular Hbond substituents is 2. The number of carbonyl (C=O) groups excluding carboxylic acids is 1. The number of halogens is 2. The molecule has 2 aromatic carbocycles. The van der Waals surface area contributed by atoms with E-state index in [1.165, 1.54) is 18.2 Å². The van der Waals surface area contributed by atoms with Gasteiger partial charge in [0, 0.05) is 10.2 Å². The molecule has 19 heavy (non-hydrogen) atoms. The van der Waals surface area contributed by atoms with Gasteiger partial charge in [-0.15, -0.1) is 12.4 Å². The van der Waals surface area contributed by atoms with Crippen LogP contribution in [-0.2, 0) is 0 Å². The number of phenols is 2. The molecule has 0 aliphatic rings. The van der Waals surface area contributed by atoms with Gasteiger partial charge in [-0.25, -0.2) is 0 Å². The molecule has 1 amide bonds. The zero-order chi connectivity index (χ0) is 13.1. The molecule has 0 spiro atoms. The molecule has 0 heterocycles. The standard InChI is InChI=1S/C13H10BrNO3.ClH/c14-8-4-6-9(7-5-8)15-13(18)12-10(16)2-1-3-11(12)17;/h1-7,16-17H,(H,15,18);1H. The number of aromatic hydroxyl groups is 2. The Morgan fingerprint density at radius 1 is 1.00 bits per heavy atom. The summed E-state index contributed by atoms with van der Waals surface area (Å²) in [5.74, 6) is -1.08. The average molecular weight is 345 g/mol. The van der Waals surface area contributed by atoms with Crippen LogP contribution < -0.4 is 5.32 Å². The van der Waals surface area contributed by atoms with Crippen LogP contribution in [0.25, 0.3) is 0 Å². The Hall–Kier alpha value is -1.72. The lowest BCUT2D eigenvalue weighted by Gasteiger charge is -2.08. The molecule has 0 radical (unpaired) electrons. The van der Waals surface area contributed by atoms with Crippen molar-refractivity contribution in [3.05, 3.63) is 52.5 Å². The van der Waals surface area contributed by atoms with Gasteiger partial charge in [0.2, 0.25) is 0 Å². The van der Waals surface area contributed by atoms with E-state index in [0.29, 0.717) is 5.69 Å². The maximum Gasteiger partial charge on any atom is 0.263 e. The molecule has 0 aromatic heterocycles. The molecule has 0 unspecified atom stereocenters. The molecular formula is C13H11BrClNO3. The van der Waals surface area contributed by atoms with E-state index in [9.17, 15) is 15.0 Å². The molecule has 2 rings (SSSR count). The predicted molar refractivity (Wildman–Crippen MR) is 79.1 cm³/mol. The Kier molecular flexibility index (Phi) is 5.20. The van der Waals surface area contributed by atoms with E-state index in [4.69, 9.17) is 0 Å². The Morgan fingerprint density at radius 2 is 1.53 bits per heavy atom. The number of rotatable bonds is 2. The van der Waals surface area contributed by atoms with E-state index < -0.39 is 5.91 Å². The van der Waals surface area contributed by atoms with E-state index in [0.717, 1.165) is 4.47 Å². The van der Waals surface area contributed by atoms with Crippen molar-refractivity contribution >= 4 is 39.9 Å². The molecule has 0 aliphatic carbocycles. The van der Waals surface area contributed by atoms with Crippen molar-refractivity contribution in [2.45, 2.75) is 0 Å². The van der Waals surface area contributed by atoms with Gasteiger partial charge in [-0.05, 0) is 36.4 Å². The minimum atomic E-state index is -0.562. The van der Waals surface area contributed by atoms with Crippen LogP contribution in [0.1, 0.15) is 10.4 Å².